The Morgan fingerprint density at radius 1 is 1.47 bits per heavy atom. The molecular formula is C12H17N3O2. The first-order valence-corrected chi connectivity index (χ1v) is 5.28. The molecule has 92 valence electrons. The van der Waals surface area contributed by atoms with Crippen LogP contribution in [0.5, 0.6) is 5.75 Å². The second-order valence-electron chi connectivity index (χ2n) is 3.79. The van der Waals surface area contributed by atoms with Gasteiger partial charge in [0.1, 0.15) is 12.0 Å². The summed E-state index contributed by atoms with van der Waals surface area (Å²) in [4.78, 5) is 12.1. The molecule has 0 unspecified atom stereocenters. The van der Waals surface area contributed by atoms with Gasteiger partial charge in [-0.25, -0.2) is 0 Å². The van der Waals surface area contributed by atoms with Crippen molar-refractivity contribution in [3.8, 4) is 5.75 Å². The summed E-state index contributed by atoms with van der Waals surface area (Å²) in [6, 6.07) is 3.47. The largest absolute Gasteiger partial charge is 0.491 e. The van der Waals surface area contributed by atoms with Crippen molar-refractivity contribution in [3.63, 3.8) is 0 Å². The Bertz CT molecular complexity index is 416. The second-order valence-corrected chi connectivity index (χ2v) is 3.79. The number of nitrogen functional groups attached to an aromatic ring is 1. The third-order valence-electron chi connectivity index (χ3n) is 2.30. The van der Waals surface area contributed by atoms with Crippen molar-refractivity contribution in [1.29, 1.82) is 5.41 Å². The number of nitrogens with one attached hydrogen (secondary N) is 1. The first-order chi connectivity index (χ1) is 8.10. The number of nitrogens with zero attached hydrogens (tertiary/aromatic N) is 1. The summed E-state index contributed by atoms with van der Waals surface area (Å²) in [5.41, 5.74) is 7.76. The summed E-state index contributed by atoms with van der Waals surface area (Å²) >= 11 is 0. The van der Waals surface area contributed by atoms with E-state index in [2.05, 4.69) is 0 Å². The minimum absolute atomic E-state index is 0.327. The quantitative estimate of drug-likeness (QED) is 0.337. The fourth-order valence-electron chi connectivity index (χ4n) is 1.41. The Morgan fingerprint density at radius 2 is 2.18 bits per heavy atom. The third kappa shape index (κ3) is 3.21. The van der Waals surface area contributed by atoms with Gasteiger partial charge in [-0.2, -0.15) is 0 Å². The number of benzene rings is 1. The monoisotopic (exact) mass is 235 g/mol. The number of anilines is 2. The zero-order valence-corrected chi connectivity index (χ0v) is 10.1. The van der Waals surface area contributed by atoms with Crippen molar-refractivity contribution in [3.05, 3.63) is 17.7 Å². The van der Waals surface area contributed by atoms with Crippen LogP contribution in [0.15, 0.2) is 12.1 Å². The molecule has 0 saturated heterocycles. The van der Waals surface area contributed by atoms with Crippen molar-refractivity contribution < 1.29 is 9.53 Å². The summed E-state index contributed by atoms with van der Waals surface area (Å²) in [7, 11) is 3.76. The molecule has 0 saturated carbocycles. The highest BCUT2D eigenvalue weighted by molar-refractivity contribution is 5.88. The predicted molar refractivity (Wildman–Crippen MR) is 69.2 cm³/mol. The smallest absolute Gasteiger partial charge is 0.144 e. The lowest BCUT2D eigenvalue weighted by atomic mass is 10.1. The molecule has 0 heterocycles. The van der Waals surface area contributed by atoms with E-state index in [1.165, 1.54) is 6.21 Å². The van der Waals surface area contributed by atoms with Crippen LogP contribution in [0.2, 0.25) is 0 Å². The van der Waals surface area contributed by atoms with Crippen molar-refractivity contribution in [2.24, 2.45) is 0 Å². The second kappa shape index (κ2) is 5.89. The van der Waals surface area contributed by atoms with E-state index in [4.69, 9.17) is 15.9 Å². The van der Waals surface area contributed by atoms with Gasteiger partial charge in [-0.1, -0.05) is 0 Å². The lowest BCUT2D eigenvalue weighted by Gasteiger charge is -2.19. The van der Waals surface area contributed by atoms with Crippen LogP contribution in [0.4, 0.5) is 11.4 Å². The topological polar surface area (TPSA) is 79.4 Å². The third-order valence-corrected chi connectivity index (χ3v) is 2.30. The molecule has 3 N–H and O–H groups in total. The lowest BCUT2D eigenvalue weighted by Crippen LogP contribution is -2.12. The van der Waals surface area contributed by atoms with Gasteiger partial charge in [-0.3, -0.25) is 0 Å². The molecule has 5 heteroatoms. The van der Waals surface area contributed by atoms with Gasteiger partial charge in [0.2, 0.25) is 0 Å². The number of carbonyl (C=O) groups is 1. The lowest BCUT2D eigenvalue weighted by molar-refractivity contribution is -0.108. The van der Waals surface area contributed by atoms with Gasteiger partial charge in [0.15, 0.2) is 0 Å². The predicted octanol–water partition coefficient (Wildman–Crippen LogP) is 1.30. The highest BCUT2D eigenvalue weighted by Gasteiger charge is 2.09. The molecule has 5 nitrogen and oxygen atoms in total. The highest BCUT2D eigenvalue weighted by Crippen LogP contribution is 2.31. The van der Waals surface area contributed by atoms with E-state index < -0.39 is 0 Å². The Hall–Kier alpha value is -2.04. The van der Waals surface area contributed by atoms with Crippen molar-refractivity contribution >= 4 is 23.9 Å². The molecule has 1 aromatic carbocycles. The summed E-state index contributed by atoms with van der Waals surface area (Å²) in [6.45, 7) is 0.327. The Balaban J connectivity index is 3.04. The van der Waals surface area contributed by atoms with Crippen molar-refractivity contribution in [1.82, 2.24) is 0 Å². The van der Waals surface area contributed by atoms with E-state index in [-0.39, 0.29) is 0 Å². The molecule has 0 fully saturated rings. The van der Waals surface area contributed by atoms with E-state index in [1.807, 2.05) is 19.0 Å². The van der Waals surface area contributed by atoms with Crippen LogP contribution < -0.4 is 15.4 Å². The van der Waals surface area contributed by atoms with E-state index in [1.54, 1.807) is 12.1 Å². The maximum atomic E-state index is 10.2. The molecule has 1 rings (SSSR count). The van der Waals surface area contributed by atoms with Gasteiger partial charge < -0.3 is 25.6 Å². The fourth-order valence-corrected chi connectivity index (χ4v) is 1.41. The maximum Gasteiger partial charge on any atom is 0.144 e. The summed E-state index contributed by atoms with van der Waals surface area (Å²) in [6.07, 6.45) is 2.36. The number of aldehydes is 1. The molecule has 0 radical (unpaired) electrons. The number of nitrogens with two attached hydrogens (primary N) is 1. The minimum atomic E-state index is 0.327. The Morgan fingerprint density at radius 3 is 2.71 bits per heavy atom. The van der Waals surface area contributed by atoms with Crippen LogP contribution in [-0.2, 0) is 4.79 Å². The molecule has 0 aromatic heterocycles. The molecule has 0 spiro atoms. The van der Waals surface area contributed by atoms with Crippen molar-refractivity contribution in [2.75, 3.05) is 31.3 Å². The maximum absolute atomic E-state index is 10.2. The Kier molecular flexibility index (Phi) is 4.51. The Labute approximate surface area is 101 Å². The van der Waals surface area contributed by atoms with Gasteiger partial charge in [0.25, 0.3) is 0 Å². The number of hydrogen-bond donors (Lipinski definition) is 2. The molecule has 0 amide bonds. The zero-order chi connectivity index (χ0) is 12.8. The minimum Gasteiger partial charge on any atom is -0.491 e. The normalized spacial score (nSPS) is 9.76. The molecule has 17 heavy (non-hydrogen) atoms. The average Bonchev–Trinajstić information content (AvgIpc) is 2.29. The van der Waals surface area contributed by atoms with Crippen LogP contribution in [0.25, 0.3) is 0 Å². The van der Waals surface area contributed by atoms with Crippen LogP contribution in [0.3, 0.4) is 0 Å². The first kappa shape index (κ1) is 13.0. The molecule has 0 aliphatic carbocycles. The van der Waals surface area contributed by atoms with Gasteiger partial charge in [-0.05, 0) is 6.07 Å². The van der Waals surface area contributed by atoms with E-state index in [0.717, 1.165) is 12.0 Å². The van der Waals surface area contributed by atoms with Gasteiger partial charge >= 0.3 is 0 Å². The van der Waals surface area contributed by atoms with Gasteiger partial charge in [0, 0.05) is 44.0 Å². The first-order valence-electron chi connectivity index (χ1n) is 5.28. The molecule has 1 aromatic rings. The number of ether oxygens (including phenoxy) is 1. The van der Waals surface area contributed by atoms with E-state index >= 15 is 0 Å². The summed E-state index contributed by atoms with van der Waals surface area (Å²) < 4.78 is 5.49. The van der Waals surface area contributed by atoms with Gasteiger partial charge in [-0.15, -0.1) is 0 Å². The van der Waals surface area contributed by atoms with E-state index in [0.29, 0.717) is 30.0 Å². The molecular weight excluding hydrogens is 218 g/mol. The standard InChI is InChI=1S/C12H17N3O2/c1-15(2)11-6-9(8-13)10(14)7-12(11)17-5-3-4-16/h4,6-8,13H,3,5,14H2,1-2H3. The molecule has 0 aliphatic rings. The van der Waals surface area contributed by atoms with E-state index in [9.17, 15) is 4.79 Å². The number of hydrogen-bond acceptors (Lipinski definition) is 5. The molecule has 0 atom stereocenters. The average molecular weight is 235 g/mol. The summed E-state index contributed by atoms with van der Waals surface area (Å²) in [5.74, 6) is 0.625. The number of rotatable bonds is 6. The SMILES string of the molecule is CN(C)c1cc(C=N)c(N)cc1OCCC=O. The molecule has 0 bridgehead atoms. The zero-order valence-electron chi connectivity index (χ0n) is 10.1. The van der Waals surface area contributed by atoms with Crippen LogP contribution >= 0.6 is 0 Å². The fraction of sp³-hybridized carbons (Fsp3) is 0.333. The summed E-state index contributed by atoms with van der Waals surface area (Å²) in [5, 5.41) is 7.25. The van der Waals surface area contributed by atoms with Gasteiger partial charge in [0.05, 0.1) is 12.3 Å². The van der Waals surface area contributed by atoms with Crippen LogP contribution in [0.1, 0.15) is 12.0 Å². The highest BCUT2D eigenvalue weighted by atomic mass is 16.5. The van der Waals surface area contributed by atoms with Crippen LogP contribution in [-0.4, -0.2) is 33.2 Å². The van der Waals surface area contributed by atoms with Crippen molar-refractivity contribution in [2.45, 2.75) is 6.42 Å². The van der Waals surface area contributed by atoms with Crippen LogP contribution in [0, 0.1) is 5.41 Å². The molecule has 0 aliphatic heterocycles. The number of carbonyl (C=O) groups excluding carboxylic acids is 1.